The van der Waals surface area contributed by atoms with Crippen LogP contribution in [0.4, 0.5) is 5.69 Å². The van der Waals surface area contributed by atoms with Crippen LogP contribution in [0.2, 0.25) is 5.02 Å². The topological polar surface area (TPSA) is 75.5 Å². The van der Waals surface area contributed by atoms with Crippen molar-refractivity contribution in [3.63, 3.8) is 0 Å². The van der Waals surface area contributed by atoms with Crippen molar-refractivity contribution in [3.05, 3.63) is 64.7 Å². The highest BCUT2D eigenvalue weighted by Gasteiger charge is 2.22. The third-order valence-corrected chi connectivity index (χ3v) is 4.22. The zero-order valence-electron chi connectivity index (χ0n) is 14.7. The van der Waals surface area contributed by atoms with Gasteiger partial charge in [-0.3, -0.25) is 14.0 Å². The van der Waals surface area contributed by atoms with Crippen LogP contribution in [-0.4, -0.2) is 27.2 Å². The van der Waals surface area contributed by atoms with E-state index >= 15 is 0 Å². The minimum atomic E-state index is -0.405. The zero-order chi connectivity index (χ0) is 18.8. The molecule has 3 rings (SSSR count). The Balaban J connectivity index is 1.97. The number of hydrogen-bond acceptors (Lipinski definition) is 3. The summed E-state index contributed by atoms with van der Waals surface area (Å²) >= 11 is 6.11. The third-order valence-electron chi connectivity index (χ3n) is 3.82. The largest absolute Gasteiger partial charge is 0.347 e. The van der Waals surface area contributed by atoms with Gasteiger partial charge in [-0.15, -0.1) is 0 Å². The summed E-state index contributed by atoms with van der Waals surface area (Å²) in [5.41, 5.74) is 2.22. The maximum Gasteiger partial charge on any atom is 0.287 e. The van der Waals surface area contributed by atoms with Crippen molar-refractivity contribution < 1.29 is 9.59 Å². The first kappa shape index (κ1) is 17.9. The molecule has 0 aliphatic heterocycles. The van der Waals surface area contributed by atoms with Gasteiger partial charge in [0.15, 0.2) is 5.69 Å². The fourth-order valence-corrected chi connectivity index (χ4v) is 2.73. The van der Waals surface area contributed by atoms with Gasteiger partial charge in [0.2, 0.25) is 5.82 Å². The van der Waals surface area contributed by atoms with Crippen LogP contribution in [0.3, 0.4) is 0 Å². The molecule has 2 heterocycles. The number of imidazole rings is 1. The number of nitrogens with one attached hydrogen (secondary N) is 2. The number of anilines is 1. The van der Waals surface area contributed by atoms with Gasteiger partial charge in [0, 0.05) is 22.9 Å². The van der Waals surface area contributed by atoms with E-state index in [-0.39, 0.29) is 23.5 Å². The lowest BCUT2D eigenvalue weighted by Crippen LogP contribution is -2.31. The highest BCUT2D eigenvalue weighted by atomic mass is 35.5. The lowest BCUT2D eigenvalue weighted by Gasteiger charge is -2.06. The van der Waals surface area contributed by atoms with Crippen LogP contribution >= 0.6 is 11.6 Å². The van der Waals surface area contributed by atoms with E-state index in [1.807, 2.05) is 26.8 Å². The molecule has 2 aromatic heterocycles. The van der Waals surface area contributed by atoms with Crippen LogP contribution in [-0.2, 0) is 0 Å². The van der Waals surface area contributed by atoms with Crippen LogP contribution in [0, 0.1) is 6.92 Å². The number of pyridine rings is 1. The number of hydrogen-bond donors (Lipinski definition) is 2. The molecule has 0 atom stereocenters. The average Bonchev–Trinajstić information content (AvgIpc) is 2.97. The van der Waals surface area contributed by atoms with Crippen molar-refractivity contribution in [2.75, 3.05) is 5.32 Å². The maximum absolute atomic E-state index is 12.7. The summed E-state index contributed by atoms with van der Waals surface area (Å²) in [5, 5.41) is 6.14. The van der Waals surface area contributed by atoms with Crippen LogP contribution in [0.1, 0.15) is 40.5 Å². The SMILES string of the molecule is Cc1ccc(NC(=O)c2nc(C(=O)NC(C)C)n3ccccc23)cc1Cl. The summed E-state index contributed by atoms with van der Waals surface area (Å²) < 4.78 is 1.61. The quantitative estimate of drug-likeness (QED) is 0.735. The first-order valence-corrected chi connectivity index (χ1v) is 8.60. The summed E-state index contributed by atoms with van der Waals surface area (Å²) in [6.07, 6.45) is 1.71. The van der Waals surface area contributed by atoms with E-state index in [1.54, 1.807) is 40.9 Å². The van der Waals surface area contributed by atoms with Gasteiger partial charge in [0.25, 0.3) is 11.8 Å². The molecule has 0 spiro atoms. The highest BCUT2D eigenvalue weighted by molar-refractivity contribution is 6.31. The molecule has 2 amide bonds. The van der Waals surface area contributed by atoms with E-state index < -0.39 is 5.91 Å². The molecule has 0 saturated carbocycles. The molecule has 26 heavy (non-hydrogen) atoms. The molecule has 7 heteroatoms. The van der Waals surface area contributed by atoms with E-state index in [0.717, 1.165) is 5.56 Å². The van der Waals surface area contributed by atoms with E-state index in [9.17, 15) is 9.59 Å². The second kappa shape index (κ2) is 7.17. The molecule has 2 N–H and O–H groups in total. The smallest absolute Gasteiger partial charge is 0.287 e. The number of rotatable bonds is 4. The number of aromatic nitrogens is 2. The molecular weight excluding hydrogens is 352 g/mol. The predicted octanol–water partition coefficient (Wildman–Crippen LogP) is 3.69. The summed E-state index contributed by atoms with van der Waals surface area (Å²) in [7, 11) is 0. The summed E-state index contributed by atoms with van der Waals surface area (Å²) in [4.78, 5) is 29.4. The molecule has 1 aromatic carbocycles. The molecule has 0 aliphatic carbocycles. The molecule has 0 aliphatic rings. The van der Waals surface area contributed by atoms with E-state index in [2.05, 4.69) is 15.6 Å². The minimum Gasteiger partial charge on any atom is -0.347 e. The lowest BCUT2D eigenvalue weighted by atomic mass is 10.2. The van der Waals surface area contributed by atoms with Gasteiger partial charge in [0.1, 0.15) is 0 Å². The molecule has 3 aromatic rings. The Bertz CT molecular complexity index is 994. The molecule has 0 bridgehead atoms. The van der Waals surface area contributed by atoms with Gasteiger partial charge < -0.3 is 10.6 Å². The third kappa shape index (κ3) is 3.55. The minimum absolute atomic E-state index is 0.0365. The Morgan fingerprint density at radius 1 is 1.15 bits per heavy atom. The van der Waals surface area contributed by atoms with E-state index in [0.29, 0.717) is 16.2 Å². The molecule has 0 unspecified atom stereocenters. The molecule has 134 valence electrons. The van der Waals surface area contributed by atoms with Crippen LogP contribution in [0.25, 0.3) is 5.52 Å². The number of fused-ring (bicyclic) bond motifs is 1. The monoisotopic (exact) mass is 370 g/mol. The van der Waals surface area contributed by atoms with Gasteiger partial charge in [-0.25, -0.2) is 4.98 Å². The number of carbonyl (C=O) groups excluding carboxylic acids is 2. The second-order valence-corrected chi connectivity index (χ2v) is 6.69. The number of halogens is 1. The summed E-state index contributed by atoms with van der Waals surface area (Å²) in [6.45, 7) is 5.61. The Hall–Kier alpha value is -2.86. The maximum atomic E-state index is 12.7. The van der Waals surface area contributed by atoms with Gasteiger partial charge >= 0.3 is 0 Å². The number of amides is 2. The zero-order valence-corrected chi connectivity index (χ0v) is 15.5. The number of benzene rings is 1. The van der Waals surface area contributed by atoms with Crippen molar-refractivity contribution in [2.24, 2.45) is 0 Å². The fraction of sp³-hybridized carbons (Fsp3) is 0.211. The van der Waals surface area contributed by atoms with Crippen LogP contribution in [0.5, 0.6) is 0 Å². The van der Waals surface area contributed by atoms with Crippen molar-refractivity contribution in [1.29, 1.82) is 0 Å². The fourth-order valence-electron chi connectivity index (χ4n) is 2.55. The van der Waals surface area contributed by atoms with Gasteiger partial charge in [-0.1, -0.05) is 23.7 Å². The van der Waals surface area contributed by atoms with E-state index in [1.165, 1.54) is 0 Å². The first-order valence-electron chi connectivity index (χ1n) is 8.22. The van der Waals surface area contributed by atoms with Crippen molar-refractivity contribution >= 4 is 34.6 Å². The second-order valence-electron chi connectivity index (χ2n) is 6.29. The Kier molecular flexibility index (Phi) is 4.95. The van der Waals surface area contributed by atoms with Gasteiger partial charge in [-0.05, 0) is 50.6 Å². The standard InChI is InChI=1S/C19H19ClN4O2/c1-11(2)21-19(26)17-23-16(15-6-4-5-9-24(15)17)18(25)22-13-8-7-12(3)14(20)10-13/h4-11H,1-3H3,(H,21,26)(H,22,25). The first-order chi connectivity index (χ1) is 12.4. The molecule has 0 fully saturated rings. The highest BCUT2D eigenvalue weighted by Crippen LogP contribution is 2.21. The molecular formula is C19H19ClN4O2. The van der Waals surface area contributed by atoms with Crippen LogP contribution in [0.15, 0.2) is 42.6 Å². The number of carbonyl (C=O) groups is 2. The van der Waals surface area contributed by atoms with Gasteiger partial charge in [0.05, 0.1) is 5.52 Å². The summed E-state index contributed by atoms with van der Waals surface area (Å²) in [6, 6.07) is 10.6. The van der Waals surface area contributed by atoms with Crippen molar-refractivity contribution in [3.8, 4) is 0 Å². The van der Waals surface area contributed by atoms with Gasteiger partial charge in [-0.2, -0.15) is 0 Å². The van der Waals surface area contributed by atoms with E-state index in [4.69, 9.17) is 11.6 Å². The average molecular weight is 371 g/mol. The Morgan fingerprint density at radius 3 is 2.62 bits per heavy atom. The Morgan fingerprint density at radius 2 is 1.92 bits per heavy atom. The van der Waals surface area contributed by atoms with Crippen molar-refractivity contribution in [1.82, 2.24) is 14.7 Å². The molecule has 0 radical (unpaired) electrons. The normalized spacial score (nSPS) is 11.0. The Labute approximate surface area is 156 Å². The molecule has 0 saturated heterocycles. The van der Waals surface area contributed by atoms with Crippen molar-refractivity contribution in [2.45, 2.75) is 26.8 Å². The predicted molar refractivity (Wildman–Crippen MR) is 102 cm³/mol. The lowest BCUT2D eigenvalue weighted by molar-refractivity contribution is 0.0932. The number of aryl methyl sites for hydroxylation is 1. The number of nitrogens with zero attached hydrogens (tertiary/aromatic N) is 2. The molecule has 6 nitrogen and oxygen atoms in total. The van der Waals surface area contributed by atoms with Crippen LogP contribution < -0.4 is 10.6 Å². The summed E-state index contributed by atoms with van der Waals surface area (Å²) in [5.74, 6) is -0.572.